The fourth-order valence-corrected chi connectivity index (χ4v) is 2.75. The molecule has 0 bridgehead atoms. The maximum atomic E-state index is 11.7. The number of alkyl halides is 2. The van der Waals surface area contributed by atoms with Crippen molar-refractivity contribution in [2.75, 3.05) is 16.9 Å². The van der Waals surface area contributed by atoms with Crippen LogP contribution in [-0.4, -0.2) is 28.2 Å². The van der Waals surface area contributed by atoms with Crippen molar-refractivity contribution in [1.82, 2.24) is 0 Å². The fraction of sp³-hybridized carbons (Fsp3) is 0.385. The van der Waals surface area contributed by atoms with Crippen LogP contribution in [0.25, 0.3) is 0 Å². The van der Waals surface area contributed by atoms with E-state index < -0.39 is 5.97 Å². The van der Waals surface area contributed by atoms with Gasteiger partial charge in [0.05, 0.1) is 11.1 Å². The molecule has 0 aliphatic rings. The second kappa shape index (κ2) is 9.10. The summed E-state index contributed by atoms with van der Waals surface area (Å²) in [5.41, 5.74) is 1.22. The molecular formula is C13H14Cl2NO3S-. The Morgan fingerprint density at radius 3 is 2.50 bits per heavy atom. The summed E-state index contributed by atoms with van der Waals surface area (Å²) in [6.07, 6.45) is 0.0386. The monoisotopic (exact) mass is 334 g/mol. The highest BCUT2D eigenvalue weighted by Gasteiger charge is 2.11. The van der Waals surface area contributed by atoms with Crippen LogP contribution in [0, 0.1) is 0 Å². The number of carbonyl (C=O) groups excluding carboxylic acids is 2. The maximum absolute atomic E-state index is 11.7. The molecule has 7 heteroatoms. The number of rotatable bonds is 8. The van der Waals surface area contributed by atoms with E-state index in [2.05, 4.69) is 5.32 Å². The predicted octanol–water partition coefficient (Wildman–Crippen LogP) is 1.84. The molecule has 1 aromatic carbocycles. The van der Waals surface area contributed by atoms with Crippen molar-refractivity contribution in [3.05, 3.63) is 29.8 Å². The van der Waals surface area contributed by atoms with E-state index in [4.69, 9.17) is 23.2 Å². The van der Waals surface area contributed by atoms with Crippen molar-refractivity contribution in [3.8, 4) is 0 Å². The van der Waals surface area contributed by atoms with Crippen LogP contribution in [0.3, 0.4) is 0 Å². The number of nitrogens with one attached hydrogen (secondary N) is 1. The molecule has 20 heavy (non-hydrogen) atoms. The standard InChI is InChI=1S/C13H15Cl2NO3S/c14-5-6-20-11(15)8-12(17)16-10-3-1-9(2-4-10)7-13(18)19/h1-4,11H,5-8H2,(H,16,17)(H,18,19)/p-1/t11-/m1/s1. The van der Waals surface area contributed by atoms with Crippen LogP contribution in [0.1, 0.15) is 12.0 Å². The molecule has 1 aromatic rings. The minimum absolute atomic E-state index is 0.146. The van der Waals surface area contributed by atoms with Crippen LogP contribution in [0.15, 0.2) is 24.3 Å². The van der Waals surface area contributed by atoms with Gasteiger partial charge in [0, 0.05) is 29.7 Å². The Morgan fingerprint density at radius 2 is 1.95 bits per heavy atom. The van der Waals surface area contributed by atoms with Gasteiger partial charge in [-0.2, -0.15) is 0 Å². The third-order valence-electron chi connectivity index (χ3n) is 2.31. The number of carboxylic acids is 1. The number of carboxylic acid groups (broad SMARTS) is 1. The van der Waals surface area contributed by atoms with Crippen molar-refractivity contribution in [3.63, 3.8) is 0 Å². The summed E-state index contributed by atoms with van der Waals surface area (Å²) in [6, 6.07) is 6.55. The van der Waals surface area contributed by atoms with E-state index in [1.54, 1.807) is 24.3 Å². The number of benzene rings is 1. The van der Waals surface area contributed by atoms with Gasteiger partial charge in [0.2, 0.25) is 5.91 Å². The number of thioether (sulfide) groups is 1. The molecule has 1 N–H and O–H groups in total. The first-order chi connectivity index (χ1) is 9.51. The van der Waals surface area contributed by atoms with E-state index in [9.17, 15) is 14.7 Å². The number of aliphatic carboxylic acids is 1. The molecule has 0 spiro atoms. The number of hydrogen-bond donors (Lipinski definition) is 1. The summed E-state index contributed by atoms with van der Waals surface area (Å²) in [7, 11) is 0. The van der Waals surface area contributed by atoms with E-state index >= 15 is 0 Å². The lowest BCUT2D eigenvalue weighted by atomic mass is 10.1. The Labute approximate surface area is 131 Å². The van der Waals surface area contributed by atoms with Gasteiger partial charge >= 0.3 is 0 Å². The number of amides is 1. The minimum atomic E-state index is -1.14. The second-order valence-corrected chi connectivity index (χ2v) is 6.44. The maximum Gasteiger partial charge on any atom is 0.226 e. The highest BCUT2D eigenvalue weighted by atomic mass is 35.5. The largest absolute Gasteiger partial charge is 0.550 e. The Bertz CT molecular complexity index is 453. The van der Waals surface area contributed by atoms with Crippen molar-refractivity contribution in [2.24, 2.45) is 0 Å². The van der Waals surface area contributed by atoms with Gasteiger partial charge in [-0.1, -0.05) is 12.1 Å². The van der Waals surface area contributed by atoms with Gasteiger partial charge in [-0.25, -0.2) is 0 Å². The van der Waals surface area contributed by atoms with Gasteiger partial charge in [0.25, 0.3) is 0 Å². The molecule has 0 radical (unpaired) electrons. The highest BCUT2D eigenvalue weighted by molar-refractivity contribution is 8.01. The molecule has 1 rings (SSSR count). The van der Waals surface area contributed by atoms with Gasteiger partial charge in [0.15, 0.2) is 0 Å². The van der Waals surface area contributed by atoms with E-state index in [1.165, 1.54) is 11.8 Å². The number of anilines is 1. The van der Waals surface area contributed by atoms with Crippen LogP contribution in [0.2, 0.25) is 0 Å². The molecule has 0 aromatic heterocycles. The topological polar surface area (TPSA) is 69.2 Å². The molecule has 110 valence electrons. The third kappa shape index (κ3) is 7.03. The quantitative estimate of drug-likeness (QED) is 0.736. The highest BCUT2D eigenvalue weighted by Crippen LogP contribution is 2.20. The smallest absolute Gasteiger partial charge is 0.226 e. The summed E-state index contributed by atoms with van der Waals surface area (Å²) >= 11 is 12.9. The van der Waals surface area contributed by atoms with Crippen LogP contribution in [-0.2, 0) is 16.0 Å². The van der Waals surface area contributed by atoms with E-state index in [0.29, 0.717) is 22.9 Å². The van der Waals surface area contributed by atoms with Gasteiger partial charge in [-0.05, 0) is 17.7 Å². The van der Waals surface area contributed by atoms with Crippen LogP contribution < -0.4 is 10.4 Å². The van der Waals surface area contributed by atoms with Gasteiger partial charge < -0.3 is 15.2 Å². The molecule has 0 saturated carbocycles. The third-order valence-corrected chi connectivity index (χ3v) is 4.22. The predicted molar refractivity (Wildman–Crippen MR) is 81.2 cm³/mol. The Kier molecular flexibility index (Phi) is 7.80. The zero-order valence-corrected chi connectivity index (χ0v) is 12.9. The summed E-state index contributed by atoms with van der Waals surface area (Å²) in [6.45, 7) is 0. The summed E-state index contributed by atoms with van der Waals surface area (Å²) in [5.74, 6) is -0.140. The van der Waals surface area contributed by atoms with Crippen LogP contribution in [0.5, 0.6) is 0 Å². The SMILES string of the molecule is O=C([O-])Cc1ccc(NC(=O)C[C@H](Cl)SCCCl)cc1. The van der Waals surface area contributed by atoms with Crippen molar-refractivity contribution in [1.29, 1.82) is 0 Å². The number of carbonyl (C=O) groups is 2. The molecule has 1 atom stereocenters. The lowest BCUT2D eigenvalue weighted by molar-refractivity contribution is -0.304. The molecule has 0 unspecified atom stereocenters. The van der Waals surface area contributed by atoms with Crippen LogP contribution >= 0.6 is 35.0 Å². The number of hydrogen-bond acceptors (Lipinski definition) is 4. The molecule has 4 nitrogen and oxygen atoms in total. The zero-order chi connectivity index (χ0) is 15.0. The molecule has 0 aliphatic carbocycles. The van der Waals surface area contributed by atoms with Gasteiger partial charge in [0.1, 0.15) is 0 Å². The first-order valence-electron chi connectivity index (χ1n) is 5.91. The fourth-order valence-electron chi connectivity index (χ4n) is 1.46. The first kappa shape index (κ1) is 17.1. The first-order valence-corrected chi connectivity index (χ1v) is 7.93. The minimum Gasteiger partial charge on any atom is -0.550 e. The van der Waals surface area contributed by atoms with Gasteiger partial charge in [-0.15, -0.1) is 35.0 Å². The molecule has 0 heterocycles. The van der Waals surface area contributed by atoms with Crippen molar-refractivity contribution in [2.45, 2.75) is 17.6 Å². The summed E-state index contributed by atoms with van der Waals surface area (Å²) in [5, 5.41) is 13.1. The van der Waals surface area contributed by atoms with Crippen LogP contribution in [0.4, 0.5) is 5.69 Å². The second-order valence-electron chi connectivity index (χ2n) is 3.97. The number of halogens is 2. The summed E-state index contributed by atoms with van der Waals surface area (Å²) in [4.78, 5) is 22.1. The van der Waals surface area contributed by atoms with E-state index in [-0.39, 0.29) is 23.5 Å². The van der Waals surface area contributed by atoms with E-state index in [0.717, 1.165) is 0 Å². The lowest BCUT2D eigenvalue weighted by Gasteiger charge is -2.10. The summed E-state index contributed by atoms with van der Waals surface area (Å²) < 4.78 is -0.314. The average Bonchev–Trinajstić information content (AvgIpc) is 2.38. The molecule has 0 aliphatic heterocycles. The molecule has 0 saturated heterocycles. The average molecular weight is 335 g/mol. The zero-order valence-electron chi connectivity index (χ0n) is 10.6. The van der Waals surface area contributed by atoms with Crippen molar-refractivity contribution >= 4 is 52.5 Å². The molecule has 0 fully saturated rings. The molecule has 1 amide bonds. The van der Waals surface area contributed by atoms with Gasteiger partial charge in [-0.3, -0.25) is 4.79 Å². The lowest BCUT2D eigenvalue weighted by Crippen LogP contribution is -2.24. The molecular weight excluding hydrogens is 321 g/mol. The Morgan fingerprint density at radius 1 is 1.30 bits per heavy atom. The van der Waals surface area contributed by atoms with Crippen molar-refractivity contribution < 1.29 is 14.7 Å². The Balaban J connectivity index is 2.43. The normalized spacial score (nSPS) is 11.9. The Hall–Kier alpha value is -0.910. The van der Waals surface area contributed by atoms with E-state index in [1.807, 2.05) is 0 Å².